The first-order chi connectivity index (χ1) is 11.4. The molecule has 0 radical (unpaired) electrons. The second-order valence-corrected chi connectivity index (χ2v) is 7.69. The lowest BCUT2D eigenvalue weighted by molar-refractivity contribution is -0.149. The molecule has 0 amide bonds. The first-order valence-electron chi connectivity index (χ1n) is 8.35. The van der Waals surface area contributed by atoms with Crippen LogP contribution in [0.25, 0.3) is 0 Å². The summed E-state index contributed by atoms with van der Waals surface area (Å²) in [7, 11) is 0. The minimum Gasteiger partial charge on any atom is -0.384 e. The first kappa shape index (κ1) is 14.1. The molecule has 0 aromatic heterocycles. The Kier molecular flexibility index (Phi) is 2.27. The first-order valence-corrected chi connectivity index (χ1v) is 8.35. The van der Waals surface area contributed by atoms with Crippen molar-refractivity contribution < 1.29 is 14.7 Å². The van der Waals surface area contributed by atoms with Crippen LogP contribution >= 0.6 is 0 Å². The van der Waals surface area contributed by atoms with E-state index in [0.29, 0.717) is 0 Å². The van der Waals surface area contributed by atoms with Gasteiger partial charge >= 0.3 is 0 Å². The fourth-order valence-corrected chi connectivity index (χ4v) is 5.71. The number of carbonyl (C=O) groups excluding carboxylic acids is 2. The molecular weight excluding hydrogens is 300 g/mol. The summed E-state index contributed by atoms with van der Waals surface area (Å²) in [5, 5.41) is 10.8. The van der Waals surface area contributed by atoms with Crippen LogP contribution in [0.1, 0.15) is 30.5 Å². The van der Waals surface area contributed by atoms with E-state index in [-0.39, 0.29) is 17.5 Å². The van der Waals surface area contributed by atoms with Crippen molar-refractivity contribution in [3.05, 3.63) is 71.3 Å². The van der Waals surface area contributed by atoms with Crippen molar-refractivity contribution in [2.75, 3.05) is 0 Å². The van der Waals surface area contributed by atoms with Gasteiger partial charge in [-0.3, -0.25) is 9.59 Å². The third kappa shape index (κ3) is 1.09. The summed E-state index contributed by atoms with van der Waals surface area (Å²) in [4.78, 5) is 26.5. The molecule has 3 aliphatic rings. The lowest BCUT2D eigenvalue weighted by Gasteiger charge is -2.40. The zero-order chi connectivity index (χ0) is 16.9. The third-order valence-corrected chi connectivity index (χ3v) is 6.97. The number of ketones is 2. The van der Waals surface area contributed by atoms with Gasteiger partial charge in [-0.1, -0.05) is 61.5 Å². The predicted octanol–water partition coefficient (Wildman–Crippen LogP) is 2.39. The Bertz CT molecular complexity index is 918. The number of aliphatic hydroxyl groups excluding tert-OH is 1. The molecule has 0 spiro atoms. The molecule has 24 heavy (non-hydrogen) atoms. The second kappa shape index (κ2) is 3.86. The summed E-state index contributed by atoms with van der Waals surface area (Å²) in [6.45, 7) is 3.58. The van der Waals surface area contributed by atoms with Gasteiger partial charge in [0.25, 0.3) is 0 Å². The average Bonchev–Trinajstić information content (AvgIpc) is 3.22. The van der Waals surface area contributed by atoms with E-state index in [1.54, 1.807) is 6.92 Å². The number of hydrogen-bond acceptors (Lipinski definition) is 3. The largest absolute Gasteiger partial charge is 0.384 e. The van der Waals surface area contributed by atoms with Crippen LogP contribution in [0.2, 0.25) is 0 Å². The van der Waals surface area contributed by atoms with Crippen molar-refractivity contribution in [3.63, 3.8) is 0 Å². The highest BCUT2D eigenvalue weighted by Crippen LogP contribution is 2.80. The fourth-order valence-electron chi connectivity index (χ4n) is 5.71. The SMILES string of the molecule is C[C@]12C(=O)[C@H]3[C@@](c4ccccc4)(c4ccccc41)[C@@]3(C)C(=O)[C@@H]2O. The van der Waals surface area contributed by atoms with Gasteiger partial charge in [0.2, 0.25) is 0 Å². The average molecular weight is 318 g/mol. The minimum atomic E-state index is -1.28. The van der Waals surface area contributed by atoms with Crippen molar-refractivity contribution >= 4 is 11.6 Å². The van der Waals surface area contributed by atoms with E-state index in [1.807, 2.05) is 61.5 Å². The maximum atomic E-state index is 13.3. The van der Waals surface area contributed by atoms with Crippen LogP contribution in [0.4, 0.5) is 0 Å². The predicted molar refractivity (Wildman–Crippen MR) is 88.6 cm³/mol. The molecule has 5 rings (SSSR count). The molecular formula is C21H18O3. The molecule has 120 valence electrons. The smallest absolute Gasteiger partial charge is 0.170 e. The third-order valence-electron chi connectivity index (χ3n) is 6.97. The maximum absolute atomic E-state index is 13.3. The van der Waals surface area contributed by atoms with Crippen LogP contribution in [0.15, 0.2) is 54.6 Å². The number of fused-ring (bicyclic) bond motifs is 5. The molecule has 3 nitrogen and oxygen atoms in total. The highest BCUT2D eigenvalue weighted by molar-refractivity contribution is 6.17. The summed E-state index contributed by atoms with van der Waals surface area (Å²) in [5.41, 5.74) is 0.176. The molecule has 0 unspecified atom stereocenters. The summed E-state index contributed by atoms with van der Waals surface area (Å²) in [6.07, 6.45) is -1.28. The number of benzene rings is 2. The van der Waals surface area contributed by atoms with Crippen LogP contribution < -0.4 is 0 Å². The Labute approximate surface area is 140 Å². The number of Topliss-reactive ketones (excluding diaryl/α,β-unsaturated/α-hetero) is 2. The molecule has 0 heterocycles. The minimum absolute atomic E-state index is 0.000321. The zero-order valence-corrected chi connectivity index (χ0v) is 13.6. The van der Waals surface area contributed by atoms with Crippen LogP contribution in [0.5, 0.6) is 0 Å². The highest BCUT2D eigenvalue weighted by Gasteiger charge is 2.89. The molecule has 2 aromatic carbocycles. The molecule has 2 saturated carbocycles. The van der Waals surface area contributed by atoms with E-state index in [0.717, 1.165) is 16.7 Å². The molecule has 2 bridgehead atoms. The number of rotatable bonds is 1. The van der Waals surface area contributed by atoms with Crippen LogP contribution in [0.3, 0.4) is 0 Å². The van der Waals surface area contributed by atoms with Gasteiger partial charge in [-0.15, -0.1) is 0 Å². The van der Waals surface area contributed by atoms with Gasteiger partial charge in [0.15, 0.2) is 11.6 Å². The van der Waals surface area contributed by atoms with Crippen molar-refractivity contribution in [1.29, 1.82) is 0 Å². The summed E-state index contributed by atoms with van der Waals surface area (Å²) in [5.74, 6) is -0.586. The van der Waals surface area contributed by atoms with E-state index in [1.165, 1.54) is 0 Å². The summed E-state index contributed by atoms with van der Waals surface area (Å²) in [6, 6.07) is 17.6. The normalized spacial score (nSPS) is 41.8. The van der Waals surface area contributed by atoms with Gasteiger partial charge in [0.1, 0.15) is 6.10 Å². The number of hydrogen-bond donors (Lipinski definition) is 1. The molecule has 2 fully saturated rings. The standard InChI is InChI=1S/C21H18O3/c1-19-13-10-6-7-11-14(13)21(12-8-4-3-5-9-12)15(16(19)22)20(21,2)18(24)17(19)23/h3-11,15,17,23H,1-2H3/t15-,17+,19-,20-,21-/m1/s1. The molecule has 3 heteroatoms. The van der Waals surface area contributed by atoms with E-state index in [2.05, 4.69) is 0 Å². The van der Waals surface area contributed by atoms with Crippen molar-refractivity contribution in [2.24, 2.45) is 11.3 Å². The van der Waals surface area contributed by atoms with Crippen LogP contribution in [0, 0.1) is 11.3 Å². The van der Waals surface area contributed by atoms with E-state index in [9.17, 15) is 14.7 Å². The molecule has 0 aliphatic heterocycles. The van der Waals surface area contributed by atoms with Gasteiger partial charge in [0, 0.05) is 11.3 Å². The molecule has 3 aliphatic carbocycles. The molecule has 2 aromatic rings. The topological polar surface area (TPSA) is 54.4 Å². The van der Waals surface area contributed by atoms with Gasteiger partial charge in [-0.2, -0.15) is 0 Å². The Morgan fingerprint density at radius 3 is 2.08 bits per heavy atom. The molecule has 5 atom stereocenters. The van der Waals surface area contributed by atoms with Crippen LogP contribution in [-0.2, 0) is 20.4 Å². The van der Waals surface area contributed by atoms with E-state index >= 15 is 0 Å². The van der Waals surface area contributed by atoms with Gasteiger partial charge in [-0.25, -0.2) is 0 Å². The number of aliphatic hydroxyl groups is 1. The number of carbonyl (C=O) groups is 2. The Morgan fingerprint density at radius 2 is 1.42 bits per heavy atom. The Morgan fingerprint density at radius 1 is 0.833 bits per heavy atom. The van der Waals surface area contributed by atoms with Crippen LogP contribution in [-0.4, -0.2) is 22.8 Å². The maximum Gasteiger partial charge on any atom is 0.170 e. The van der Waals surface area contributed by atoms with E-state index < -0.39 is 22.3 Å². The van der Waals surface area contributed by atoms with Crippen molar-refractivity contribution in [1.82, 2.24) is 0 Å². The van der Waals surface area contributed by atoms with E-state index in [4.69, 9.17) is 0 Å². The fraction of sp³-hybridized carbons (Fsp3) is 0.333. The lowest BCUT2D eigenvalue weighted by Crippen LogP contribution is -2.55. The van der Waals surface area contributed by atoms with Crippen molar-refractivity contribution in [3.8, 4) is 0 Å². The lowest BCUT2D eigenvalue weighted by atomic mass is 9.62. The quantitative estimate of drug-likeness (QED) is 0.878. The summed E-state index contributed by atoms with van der Waals surface area (Å²) >= 11 is 0. The Hall–Kier alpha value is -2.26. The van der Waals surface area contributed by atoms with Gasteiger partial charge < -0.3 is 5.11 Å². The molecule has 1 N–H and O–H groups in total. The second-order valence-electron chi connectivity index (χ2n) is 7.69. The molecule has 0 saturated heterocycles. The van der Waals surface area contributed by atoms with Gasteiger partial charge in [0.05, 0.1) is 10.8 Å². The van der Waals surface area contributed by atoms with Gasteiger partial charge in [-0.05, 0) is 23.6 Å². The monoisotopic (exact) mass is 318 g/mol. The highest BCUT2D eigenvalue weighted by atomic mass is 16.3. The zero-order valence-electron chi connectivity index (χ0n) is 13.6. The summed E-state index contributed by atoms with van der Waals surface area (Å²) < 4.78 is 0. The van der Waals surface area contributed by atoms with Crippen molar-refractivity contribution in [2.45, 2.75) is 30.8 Å². The Balaban J connectivity index is 1.96.